The number of carbonyl (C=O) groups is 2. The van der Waals surface area contributed by atoms with Gasteiger partial charge in [-0.3, -0.25) is 9.59 Å². The van der Waals surface area contributed by atoms with Crippen LogP contribution in [-0.2, 0) is 19.6 Å². The van der Waals surface area contributed by atoms with Gasteiger partial charge < -0.3 is 10.6 Å². The molecule has 2 heterocycles. The van der Waals surface area contributed by atoms with E-state index in [4.69, 9.17) is 0 Å². The molecule has 1 atom stereocenters. The molecular weight excluding hydrogens is 470 g/mol. The summed E-state index contributed by atoms with van der Waals surface area (Å²) in [7, 11) is -3.73. The van der Waals surface area contributed by atoms with Crippen LogP contribution in [-0.4, -0.2) is 70.5 Å². The van der Waals surface area contributed by atoms with Gasteiger partial charge in [0.1, 0.15) is 22.0 Å². The second-order valence-electron chi connectivity index (χ2n) is 8.07. The summed E-state index contributed by atoms with van der Waals surface area (Å²) in [5, 5.41) is 5.74. The summed E-state index contributed by atoms with van der Waals surface area (Å²) in [6.45, 7) is 4.23. The summed E-state index contributed by atoms with van der Waals surface area (Å²) in [5.41, 5.74) is 0.937. The van der Waals surface area contributed by atoms with Crippen molar-refractivity contribution in [2.24, 2.45) is 5.92 Å². The number of rotatable bonds is 9. The van der Waals surface area contributed by atoms with Gasteiger partial charge in [-0.25, -0.2) is 8.42 Å². The van der Waals surface area contributed by atoms with Crippen molar-refractivity contribution in [3.05, 3.63) is 18.2 Å². The van der Waals surface area contributed by atoms with Crippen LogP contribution in [0.5, 0.6) is 0 Å². The summed E-state index contributed by atoms with van der Waals surface area (Å²) < 4.78 is 36.0. The second-order valence-corrected chi connectivity index (χ2v) is 11.5. The summed E-state index contributed by atoms with van der Waals surface area (Å²) in [4.78, 5) is 25.5. The molecule has 12 heteroatoms. The van der Waals surface area contributed by atoms with Gasteiger partial charge in [0.25, 0.3) is 0 Å². The average molecular weight is 500 g/mol. The molecule has 1 unspecified atom stereocenters. The van der Waals surface area contributed by atoms with Gasteiger partial charge in [-0.05, 0) is 57.3 Å². The summed E-state index contributed by atoms with van der Waals surface area (Å²) in [6, 6.07) is 4.34. The number of fused-ring (bicyclic) bond motifs is 1. The zero-order valence-electron chi connectivity index (χ0n) is 18.4. The first-order valence-electron chi connectivity index (χ1n) is 10.5. The molecule has 3 rings (SSSR count). The predicted octanol–water partition coefficient (Wildman–Crippen LogP) is 1.85. The molecular formula is C20H29N5O4S3. The fourth-order valence-electron chi connectivity index (χ4n) is 3.67. The van der Waals surface area contributed by atoms with Crippen molar-refractivity contribution in [1.29, 1.82) is 0 Å². The Balaban J connectivity index is 1.63. The number of benzene rings is 1. The Bertz CT molecular complexity index is 1050. The number of thioether (sulfide) groups is 1. The van der Waals surface area contributed by atoms with E-state index in [1.54, 1.807) is 30.0 Å². The molecule has 1 aliphatic rings. The van der Waals surface area contributed by atoms with E-state index < -0.39 is 16.1 Å². The minimum atomic E-state index is -3.73. The molecule has 1 saturated heterocycles. The Kier molecular flexibility index (Phi) is 8.48. The maximum atomic E-state index is 13.2. The van der Waals surface area contributed by atoms with Gasteiger partial charge in [0.2, 0.25) is 21.8 Å². The third kappa shape index (κ3) is 5.77. The van der Waals surface area contributed by atoms with E-state index in [-0.39, 0.29) is 41.8 Å². The Hall–Kier alpha value is -1.76. The normalized spacial score (nSPS) is 16.9. The van der Waals surface area contributed by atoms with E-state index in [9.17, 15) is 18.0 Å². The number of carbonyl (C=O) groups excluding carboxylic acids is 2. The highest BCUT2D eigenvalue weighted by Crippen LogP contribution is 2.28. The van der Waals surface area contributed by atoms with Crippen LogP contribution in [0.15, 0.2) is 23.1 Å². The van der Waals surface area contributed by atoms with Gasteiger partial charge in [0.15, 0.2) is 0 Å². The lowest BCUT2D eigenvalue weighted by Crippen LogP contribution is -2.51. The van der Waals surface area contributed by atoms with Gasteiger partial charge >= 0.3 is 0 Å². The van der Waals surface area contributed by atoms with Crippen LogP contribution in [0, 0.1) is 5.92 Å². The van der Waals surface area contributed by atoms with Crippen LogP contribution in [0.3, 0.4) is 0 Å². The molecule has 1 aliphatic heterocycles. The molecule has 0 spiro atoms. The van der Waals surface area contributed by atoms with E-state index in [2.05, 4.69) is 19.4 Å². The van der Waals surface area contributed by atoms with Crippen LogP contribution < -0.4 is 10.6 Å². The summed E-state index contributed by atoms with van der Waals surface area (Å²) in [6.07, 6.45) is 3.30. The van der Waals surface area contributed by atoms with E-state index >= 15 is 0 Å². The molecule has 2 amide bonds. The largest absolute Gasteiger partial charge is 0.352 e. The molecule has 176 valence electrons. The fraction of sp³-hybridized carbons (Fsp3) is 0.600. The van der Waals surface area contributed by atoms with Crippen LogP contribution in [0.25, 0.3) is 11.0 Å². The number of nitrogens with one attached hydrogen (secondary N) is 2. The summed E-state index contributed by atoms with van der Waals surface area (Å²) in [5.74, 6) is 0.0384. The van der Waals surface area contributed by atoms with Crippen molar-refractivity contribution in [3.63, 3.8) is 0 Å². The lowest BCUT2D eigenvalue weighted by molar-refractivity contribution is -0.132. The lowest BCUT2D eigenvalue weighted by atomic mass is 9.96. The highest BCUT2D eigenvalue weighted by atomic mass is 32.2. The quantitative estimate of drug-likeness (QED) is 0.540. The summed E-state index contributed by atoms with van der Waals surface area (Å²) >= 11 is 2.60. The third-order valence-corrected chi connectivity index (χ3v) is 8.48. The number of aromatic nitrogens is 2. The Labute approximate surface area is 197 Å². The van der Waals surface area contributed by atoms with E-state index in [0.717, 1.165) is 17.5 Å². The van der Waals surface area contributed by atoms with Gasteiger partial charge in [0, 0.05) is 25.0 Å². The van der Waals surface area contributed by atoms with Crippen molar-refractivity contribution in [1.82, 2.24) is 23.7 Å². The van der Waals surface area contributed by atoms with E-state index in [1.165, 1.54) is 4.31 Å². The van der Waals surface area contributed by atoms with Crippen molar-refractivity contribution in [3.8, 4) is 0 Å². The molecule has 2 aromatic rings. The molecule has 0 radical (unpaired) electrons. The van der Waals surface area contributed by atoms with Crippen molar-refractivity contribution < 1.29 is 18.0 Å². The topological polar surface area (TPSA) is 121 Å². The maximum absolute atomic E-state index is 13.2. The minimum absolute atomic E-state index is 0.0120. The zero-order chi connectivity index (χ0) is 23.3. The first-order chi connectivity index (χ1) is 15.2. The molecule has 32 heavy (non-hydrogen) atoms. The van der Waals surface area contributed by atoms with Gasteiger partial charge in [-0.15, -0.1) is 0 Å². The Morgan fingerprint density at radius 2 is 1.94 bits per heavy atom. The van der Waals surface area contributed by atoms with E-state index in [0.29, 0.717) is 30.3 Å². The van der Waals surface area contributed by atoms with Crippen molar-refractivity contribution in [2.45, 2.75) is 50.1 Å². The molecule has 0 bridgehead atoms. The number of nitrogens with zero attached hydrogens (tertiary/aromatic N) is 3. The zero-order valence-corrected chi connectivity index (χ0v) is 20.9. The highest BCUT2D eigenvalue weighted by molar-refractivity contribution is 7.98. The van der Waals surface area contributed by atoms with Gasteiger partial charge in [-0.1, -0.05) is 6.07 Å². The molecule has 1 aromatic carbocycles. The monoisotopic (exact) mass is 499 g/mol. The average Bonchev–Trinajstić information content (AvgIpc) is 3.24. The number of hydrogen-bond donors (Lipinski definition) is 2. The van der Waals surface area contributed by atoms with Gasteiger partial charge in [-0.2, -0.15) is 24.8 Å². The number of hydrogen-bond acceptors (Lipinski definition) is 8. The smallest absolute Gasteiger partial charge is 0.245 e. The van der Waals surface area contributed by atoms with Crippen LogP contribution in [0.1, 0.15) is 33.1 Å². The molecule has 1 aromatic heterocycles. The highest BCUT2D eigenvalue weighted by Gasteiger charge is 2.34. The second kappa shape index (κ2) is 10.9. The maximum Gasteiger partial charge on any atom is 0.245 e. The molecule has 2 N–H and O–H groups in total. The molecule has 0 saturated carbocycles. The lowest BCUT2D eigenvalue weighted by Gasteiger charge is -2.31. The number of piperidine rings is 1. The SMILES string of the molecule is CSCCC(NC(=O)C1CCN(S(=O)(=O)c2cccc3nsnc23)CC1)C(=O)NC(C)C. The first kappa shape index (κ1) is 24.9. The molecule has 0 aliphatic carbocycles. The first-order valence-corrected chi connectivity index (χ1v) is 14.1. The van der Waals surface area contributed by atoms with E-state index in [1.807, 2.05) is 20.1 Å². The standard InChI is InChI=1S/C20H29N5O4S3/c1-13(2)21-20(27)16(9-12-30-3)22-19(26)14-7-10-25(11-8-14)32(28,29)17-6-4-5-15-18(17)24-31-23-15/h4-6,13-14,16H,7-12H2,1-3H3,(H,21,27)(H,22,26). The predicted molar refractivity (Wildman–Crippen MR) is 127 cm³/mol. The van der Waals surface area contributed by atoms with Crippen molar-refractivity contribution in [2.75, 3.05) is 25.1 Å². The van der Waals surface area contributed by atoms with Crippen LogP contribution >= 0.6 is 23.5 Å². The third-order valence-electron chi connectivity index (χ3n) is 5.37. The van der Waals surface area contributed by atoms with Crippen LogP contribution in [0.2, 0.25) is 0 Å². The van der Waals surface area contributed by atoms with Gasteiger partial charge in [0.05, 0.1) is 11.7 Å². The molecule has 9 nitrogen and oxygen atoms in total. The Morgan fingerprint density at radius 1 is 1.22 bits per heavy atom. The minimum Gasteiger partial charge on any atom is -0.352 e. The molecule has 1 fully saturated rings. The van der Waals surface area contributed by atoms with Crippen molar-refractivity contribution >= 4 is 56.4 Å². The number of sulfonamides is 1. The Morgan fingerprint density at radius 3 is 2.59 bits per heavy atom. The fourth-order valence-corrected chi connectivity index (χ4v) is 6.36. The number of amides is 2. The van der Waals surface area contributed by atoms with Crippen LogP contribution in [0.4, 0.5) is 0 Å².